The van der Waals surface area contributed by atoms with Crippen LogP contribution in [-0.2, 0) is 18.3 Å². The lowest BCUT2D eigenvalue weighted by Crippen LogP contribution is -2.37. The van der Waals surface area contributed by atoms with Gasteiger partial charge in [-0.3, -0.25) is 9.59 Å². The van der Waals surface area contributed by atoms with E-state index >= 15 is 0 Å². The average Bonchev–Trinajstić information content (AvgIpc) is 2.71. The molecule has 2 heterocycles. The number of carbonyl (C=O) groups excluding carboxylic acids is 1. The molecule has 0 aliphatic carbocycles. The van der Waals surface area contributed by atoms with E-state index in [1.54, 1.807) is 11.6 Å². The van der Waals surface area contributed by atoms with Crippen molar-refractivity contribution in [3.05, 3.63) is 87.3 Å². The number of anilines is 1. The lowest BCUT2D eigenvalue weighted by atomic mass is 9.91. The smallest absolute Gasteiger partial charge is 0.253 e. The fourth-order valence-corrected chi connectivity index (χ4v) is 4.30. The first kappa shape index (κ1) is 19.2. The van der Waals surface area contributed by atoms with Crippen LogP contribution in [0.5, 0.6) is 0 Å². The zero-order valence-electron chi connectivity index (χ0n) is 17.4. The van der Waals surface area contributed by atoms with Crippen molar-refractivity contribution < 1.29 is 4.79 Å². The van der Waals surface area contributed by atoms with E-state index in [2.05, 4.69) is 38.1 Å². The quantitative estimate of drug-likeness (QED) is 0.654. The Balaban J connectivity index is 1.81. The summed E-state index contributed by atoms with van der Waals surface area (Å²) in [6.07, 6.45) is 3.14. The molecule has 4 nitrogen and oxygen atoms in total. The molecule has 1 amide bonds. The molecule has 1 unspecified atom stereocenters. The maximum Gasteiger partial charge on any atom is 0.253 e. The van der Waals surface area contributed by atoms with Crippen molar-refractivity contribution in [1.82, 2.24) is 4.57 Å². The summed E-state index contributed by atoms with van der Waals surface area (Å²) in [5.41, 5.74) is 7.31. The van der Waals surface area contributed by atoms with Crippen LogP contribution in [0.3, 0.4) is 0 Å². The molecule has 1 aliphatic rings. The highest BCUT2D eigenvalue weighted by molar-refractivity contribution is 5.98. The summed E-state index contributed by atoms with van der Waals surface area (Å²) in [6, 6.07) is 16.4. The third-order valence-corrected chi connectivity index (χ3v) is 5.90. The van der Waals surface area contributed by atoms with Gasteiger partial charge in [0.05, 0.1) is 6.04 Å². The summed E-state index contributed by atoms with van der Waals surface area (Å²) in [5.74, 6) is 0.166. The molecule has 0 saturated carbocycles. The molecule has 4 rings (SSSR count). The maximum atomic E-state index is 12.9. The molecular weight excluding hydrogens is 360 g/mol. The standard InChI is InChI=1S/C25H26N2O2/c1-16-13-23-20(14-22(16)21-12-17(2)25(29)26(4)15-21)10-11-24(28)27(23)18(3)19-8-6-5-7-9-19/h5-9,12-15,18H,10-11H2,1-4H3. The van der Waals surface area contributed by atoms with Gasteiger partial charge in [-0.1, -0.05) is 30.3 Å². The number of aryl methyl sites for hydroxylation is 4. The van der Waals surface area contributed by atoms with Crippen molar-refractivity contribution in [2.45, 2.75) is 39.7 Å². The van der Waals surface area contributed by atoms with Crippen molar-refractivity contribution in [3.8, 4) is 11.1 Å². The number of amides is 1. The molecule has 2 aromatic carbocycles. The molecule has 0 spiro atoms. The highest BCUT2D eigenvalue weighted by atomic mass is 16.2. The van der Waals surface area contributed by atoms with E-state index in [-0.39, 0.29) is 17.5 Å². The van der Waals surface area contributed by atoms with Crippen molar-refractivity contribution in [1.29, 1.82) is 0 Å². The van der Waals surface area contributed by atoms with Crippen LogP contribution in [0.4, 0.5) is 5.69 Å². The van der Waals surface area contributed by atoms with Crippen LogP contribution in [0.2, 0.25) is 0 Å². The monoisotopic (exact) mass is 386 g/mol. The molecule has 148 valence electrons. The summed E-state index contributed by atoms with van der Waals surface area (Å²) < 4.78 is 1.64. The van der Waals surface area contributed by atoms with Gasteiger partial charge in [0.25, 0.3) is 5.56 Å². The van der Waals surface area contributed by atoms with Gasteiger partial charge >= 0.3 is 0 Å². The molecule has 0 bridgehead atoms. The van der Waals surface area contributed by atoms with E-state index in [0.717, 1.165) is 39.9 Å². The number of rotatable bonds is 3. The molecule has 1 aromatic heterocycles. The highest BCUT2D eigenvalue weighted by Gasteiger charge is 2.29. The first-order valence-electron chi connectivity index (χ1n) is 10.0. The van der Waals surface area contributed by atoms with Crippen molar-refractivity contribution in [3.63, 3.8) is 0 Å². The lowest BCUT2D eigenvalue weighted by Gasteiger charge is -2.35. The van der Waals surface area contributed by atoms with E-state index in [1.807, 2.05) is 42.3 Å². The minimum atomic E-state index is -0.0206. The Kier molecular flexibility index (Phi) is 4.87. The van der Waals surface area contributed by atoms with E-state index in [0.29, 0.717) is 6.42 Å². The average molecular weight is 386 g/mol. The molecule has 0 fully saturated rings. The maximum absolute atomic E-state index is 12.9. The van der Waals surface area contributed by atoms with Gasteiger partial charge in [0.15, 0.2) is 0 Å². The Morgan fingerprint density at radius 1 is 0.931 bits per heavy atom. The first-order chi connectivity index (χ1) is 13.9. The number of fused-ring (bicyclic) bond motifs is 1. The number of aromatic nitrogens is 1. The Hall–Kier alpha value is -3.14. The first-order valence-corrected chi connectivity index (χ1v) is 10.0. The summed E-state index contributed by atoms with van der Waals surface area (Å²) >= 11 is 0. The van der Waals surface area contributed by atoms with Crippen molar-refractivity contribution in [2.75, 3.05) is 4.90 Å². The van der Waals surface area contributed by atoms with Gasteiger partial charge in [-0.05, 0) is 73.2 Å². The summed E-state index contributed by atoms with van der Waals surface area (Å²) in [7, 11) is 1.79. The predicted octanol–water partition coefficient (Wildman–Crippen LogP) is 4.71. The Bertz CT molecular complexity index is 1120. The van der Waals surface area contributed by atoms with Crippen LogP contribution in [0.25, 0.3) is 11.1 Å². The largest absolute Gasteiger partial charge is 0.318 e. The lowest BCUT2D eigenvalue weighted by molar-refractivity contribution is -0.119. The molecule has 0 saturated heterocycles. The van der Waals surface area contributed by atoms with Crippen LogP contribution < -0.4 is 10.5 Å². The van der Waals surface area contributed by atoms with Gasteiger partial charge in [0, 0.05) is 30.9 Å². The zero-order valence-corrected chi connectivity index (χ0v) is 17.4. The third kappa shape index (κ3) is 3.39. The molecule has 4 heteroatoms. The summed E-state index contributed by atoms with van der Waals surface area (Å²) in [4.78, 5) is 26.9. The highest BCUT2D eigenvalue weighted by Crippen LogP contribution is 2.38. The summed E-state index contributed by atoms with van der Waals surface area (Å²) in [6.45, 7) is 6.00. The molecule has 29 heavy (non-hydrogen) atoms. The van der Waals surface area contributed by atoms with E-state index in [4.69, 9.17) is 0 Å². The Morgan fingerprint density at radius 2 is 1.66 bits per heavy atom. The molecular formula is C25H26N2O2. The Morgan fingerprint density at radius 3 is 2.34 bits per heavy atom. The second-order valence-corrected chi connectivity index (χ2v) is 7.97. The zero-order chi connectivity index (χ0) is 20.7. The van der Waals surface area contributed by atoms with Crippen LogP contribution in [0.15, 0.2) is 59.5 Å². The molecule has 1 atom stereocenters. The van der Waals surface area contributed by atoms with Crippen LogP contribution in [-0.4, -0.2) is 10.5 Å². The minimum absolute atomic E-state index is 0.0206. The van der Waals surface area contributed by atoms with E-state index in [9.17, 15) is 9.59 Å². The number of hydrogen-bond donors (Lipinski definition) is 0. The molecule has 0 radical (unpaired) electrons. The van der Waals surface area contributed by atoms with Gasteiger partial charge in [-0.25, -0.2) is 0 Å². The van der Waals surface area contributed by atoms with Crippen molar-refractivity contribution in [2.24, 2.45) is 7.05 Å². The topological polar surface area (TPSA) is 42.3 Å². The van der Waals surface area contributed by atoms with Crippen LogP contribution in [0, 0.1) is 13.8 Å². The van der Waals surface area contributed by atoms with E-state index < -0.39 is 0 Å². The van der Waals surface area contributed by atoms with Crippen LogP contribution in [0.1, 0.15) is 41.6 Å². The van der Waals surface area contributed by atoms with E-state index in [1.165, 1.54) is 5.56 Å². The summed E-state index contributed by atoms with van der Waals surface area (Å²) in [5, 5.41) is 0. The SMILES string of the molecule is Cc1cc2c(cc1-c1cc(C)c(=O)n(C)c1)CCC(=O)N2C(C)c1ccccc1. The fraction of sp³-hybridized carbons (Fsp3) is 0.280. The molecule has 1 aliphatic heterocycles. The molecule has 3 aromatic rings. The van der Waals surface area contributed by atoms with Gasteiger partial charge in [-0.2, -0.15) is 0 Å². The number of pyridine rings is 1. The minimum Gasteiger partial charge on any atom is -0.318 e. The van der Waals surface area contributed by atoms with Gasteiger partial charge < -0.3 is 9.47 Å². The van der Waals surface area contributed by atoms with Gasteiger partial charge in [0.1, 0.15) is 0 Å². The second-order valence-electron chi connectivity index (χ2n) is 7.97. The number of carbonyl (C=O) groups is 1. The van der Waals surface area contributed by atoms with Crippen molar-refractivity contribution >= 4 is 11.6 Å². The number of hydrogen-bond acceptors (Lipinski definition) is 2. The van der Waals surface area contributed by atoms with Gasteiger partial charge in [0.2, 0.25) is 5.91 Å². The third-order valence-electron chi connectivity index (χ3n) is 5.90. The number of nitrogens with zero attached hydrogens (tertiary/aromatic N) is 2. The second kappa shape index (κ2) is 7.36. The molecule has 0 N–H and O–H groups in total. The normalized spacial score (nSPS) is 14.6. The number of benzene rings is 2. The Labute approximate surface area is 171 Å². The predicted molar refractivity (Wildman–Crippen MR) is 117 cm³/mol. The van der Waals surface area contributed by atoms with Gasteiger partial charge in [-0.15, -0.1) is 0 Å². The van der Waals surface area contributed by atoms with Crippen LogP contribution >= 0.6 is 0 Å². The fourth-order valence-electron chi connectivity index (χ4n) is 4.30.